The Morgan fingerprint density at radius 2 is 0.943 bits per heavy atom. The molecule has 1 rings (SSSR count). The summed E-state index contributed by atoms with van der Waals surface area (Å²) in [6.45, 7) is 17.6. The first-order valence-corrected chi connectivity index (χ1v) is 20.8. The van der Waals surface area contributed by atoms with Crippen LogP contribution in [0.15, 0.2) is 111 Å². The molecule has 0 aliphatic rings. The van der Waals surface area contributed by atoms with Crippen LogP contribution in [0.1, 0.15) is 151 Å². The summed E-state index contributed by atoms with van der Waals surface area (Å²) >= 11 is 0. The van der Waals surface area contributed by atoms with E-state index in [9.17, 15) is 18.6 Å². The van der Waals surface area contributed by atoms with Gasteiger partial charge in [-0.25, -0.2) is 0 Å². The van der Waals surface area contributed by atoms with Crippen molar-refractivity contribution in [3.05, 3.63) is 117 Å². The van der Waals surface area contributed by atoms with E-state index in [0.29, 0.717) is 12.0 Å². The molecule has 3 N–H and O–H groups in total. The van der Waals surface area contributed by atoms with Crippen molar-refractivity contribution >= 4 is 10.4 Å². The lowest BCUT2D eigenvalue weighted by atomic mass is 10.0. The third-order valence-corrected chi connectivity index (χ3v) is 9.68. The fourth-order valence-corrected chi connectivity index (χ4v) is 6.17. The lowest BCUT2D eigenvalue weighted by Crippen LogP contribution is -2.06. The minimum absolute atomic E-state index is 0.0433. The van der Waals surface area contributed by atoms with Gasteiger partial charge in [-0.15, -0.1) is 0 Å². The molecule has 296 valence electrons. The van der Waals surface area contributed by atoms with Gasteiger partial charge in [-0.3, -0.25) is 4.55 Å². The van der Waals surface area contributed by atoms with Crippen LogP contribution in [0.5, 0.6) is 11.5 Å². The maximum absolute atomic E-state index is 11.0. The lowest BCUT2D eigenvalue weighted by molar-refractivity contribution is 0.326. The van der Waals surface area contributed by atoms with Crippen LogP contribution in [0.3, 0.4) is 0 Å². The van der Waals surface area contributed by atoms with Crippen LogP contribution in [-0.2, 0) is 16.8 Å². The molecule has 0 aromatic heterocycles. The summed E-state index contributed by atoms with van der Waals surface area (Å²) in [5.41, 5.74) is 11.3. The van der Waals surface area contributed by atoms with Gasteiger partial charge in [-0.1, -0.05) is 87.6 Å². The number of hydrogen-bond donors (Lipinski definition) is 3. The minimum Gasteiger partial charge on any atom is -0.508 e. The Kier molecular flexibility index (Phi) is 24.5. The number of phenols is 1. The van der Waals surface area contributed by atoms with Gasteiger partial charge < -0.3 is 14.4 Å². The number of allylic oxidation sites excluding steroid dienone is 15. The van der Waals surface area contributed by atoms with Crippen LogP contribution in [0.25, 0.3) is 0 Å². The smallest absolute Gasteiger partial charge is 0.446 e. The van der Waals surface area contributed by atoms with E-state index in [1.54, 1.807) is 0 Å². The van der Waals surface area contributed by atoms with E-state index >= 15 is 0 Å². The van der Waals surface area contributed by atoms with Gasteiger partial charge in [0.25, 0.3) is 0 Å². The largest absolute Gasteiger partial charge is 0.508 e. The molecule has 0 heterocycles. The SMILES string of the molecule is CC(C)=CCC/C(C)=C/CC/C(C)=C/CC/C(=C/CC/C(C)=C/CC/C(C)=C/CC/C(C)=C/CC/C(C)=C/Cc1cc(OS(=O)(=O)O)ccc1O)CO. The van der Waals surface area contributed by atoms with Crippen molar-refractivity contribution in [3.63, 3.8) is 0 Å². The molecular weight excluding hydrogens is 681 g/mol. The van der Waals surface area contributed by atoms with E-state index in [1.165, 1.54) is 57.2 Å². The molecule has 0 radical (unpaired) electrons. The lowest BCUT2D eigenvalue weighted by Gasteiger charge is -2.07. The molecule has 0 saturated heterocycles. The number of benzene rings is 1. The maximum atomic E-state index is 11.0. The summed E-state index contributed by atoms with van der Waals surface area (Å²) in [7, 11) is -4.61. The first-order chi connectivity index (χ1) is 25.1. The molecule has 53 heavy (non-hydrogen) atoms. The molecule has 0 spiro atoms. The summed E-state index contributed by atoms with van der Waals surface area (Å²) < 4.78 is 35.3. The molecule has 0 fully saturated rings. The predicted molar refractivity (Wildman–Crippen MR) is 226 cm³/mol. The van der Waals surface area contributed by atoms with Crippen LogP contribution >= 0.6 is 0 Å². The van der Waals surface area contributed by atoms with E-state index in [4.69, 9.17) is 4.55 Å². The second-order valence-electron chi connectivity index (χ2n) is 14.9. The molecule has 7 heteroatoms. The van der Waals surface area contributed by atoms with Crippen molar-refractivity contribution in [3.8, 4) is 11.5 Å². The third-order valence-electron chi connectivity index (χ3n) is 9.27. The van der Waals surface area contributed by atoms with Crippen LogP contribution in [0.4, 0.5) is 0 Å². The van der Waals surface area contributed by atoms with Crippen LogP contribution in [-0.4, -0.2) is 29.8 Å². The zero-order valence-electron chi connectivity index (χ0n) is 34.1. The average Bonchev–Trinajstić information content (AvgIpc) is 3.07. The van der Waals surface area contributed by atoms with Crippen LogP contribution in [0, 0.1) is 0 Å². The topological polar surface area (TPSA) is 104 Å². The molecule has 0 aliphatic heterocycles. The van der Waals surface area contributed by atoms with Gasteiger partial charge in [0.1, 0.15) is 11.5 Å². The molecule has 0 saturated carbocycles. The Morgan fingerprint density at radius 3 is 1.34 bits per heavy atom. The molecule has 0 aliphatic carbocycles. The summed E-state index contributed by atoms with van der Waals surface area (Å²) in [6.07, 6.45) is 33.1. The molecular formula is C46H70O6S. The predicted octanol–water partition coefficient (Wildman–Crippen LogP) is 13.1. The van der Waals surface area contributed by atoms with Crippen molar-refractivity contribution in [2.24, 2.45) is 0 Å². The molecule has 0 amide bonds. The number of aliphatic hydroxyl groups excluding tert-OH is 1. The van der Waals surface area contributed by atoms with Gasteiger partial charge in [0.15, 0.2) is 0 Å². The monoisotopic (exact) mass is 750 g/mol. The highest BCUT2D eigenvalue weighted by molar-refractivity contribution is 7.81. The molecule has 6 nitrogen and oxygen atoms in total. The summed E-state index contributed by atoms with van der Waals surface area (Å²) in [5, 5.41) is 20.0. The summed E-state index contributed by atoms with van der Waals surface area (Å²) in [6, 6.07) is 4.06. The molecule has 0 bridgehead atoms. The molecule has 1 aromatic rings. The second kappa shape index (κ2) is 27.2. The fourth-order valence-electron chi connectivity index (χ4n) is 5.82. The number of aliphatic hydroxyl groups is 1. The quantitative estimate of drug-likeness (QED) is 0.0643. The first-order valence-electron chi connectivity index (χ1n) is 19.4. The van der Waals surface area contributed by atoms with Crippen LogP contribution < -0.4 is 4.18 Å². The van der Waals surface area contributed by atoms with E-state index < -0.39 is 10.4 Å². The van der Waals surface area contributed by atoms with E-state index in [2.05, 4.69) is 95.2 Å². The standard InChI is InChI=1S/C46H70O6S/c1-36(2)16-9-17-37(3)18-10-22-40(6)26-14-28-43(35-47)29-15-27-41(7)23-12-21-38(4)19-11-20-39(5)24-13-25-42(8)30-31-44-34-45(32-33-46(44)48)52-53(49,50)51/h16,18-19,23-24,26,29-30,32-34,47-48H,9-15,17,20-22,25,27-28,31,35H2,1-8H3,(H,49,50,51)/b37-18+,38-19+,39-24+,40-26+,41-23+,42-30+,43-29-. The van der Waals surface area contributed by atoms with Crippen molar-refractivity contribution in [2.45, 2.75) is 152 Å². The van der Waals surface area contributed by atoms with Gasteiger partial charge in [0.05, 0.1) is 6.61 Å². The molecule has 1 aromatic carbocycles. The van der Waals surface area contributed by atoms with Gasteiger partial charge in [-0.05, 0) is 175 Å². The van der Waals surface area contributed by atoms with Gasteiger partial charge in [-0.2, -0.15) is 8.42 Å². The van der Waals surface area contributed by atoms with Crippen molar-refractivity contribution < 1.29 is 27.4 Å². The number of hydrogen-bond acceptors (Lipinski definition) is 5. The number of phenolic OH excluding ortho intramolecular Hbond substituents is 1. The summed E-state index contributed by atoms with van der Waals surface area (Å²) in [5.74, 6) is 0.00118. The third kappa shape index (κ3) is 26.1. The highest BCUT2D eigenvalue weighted by atomic mass is 32.3. The Hall–Kier alpha value is -3.39. The Morgan fingerprint density at radius 1 is 0.566 bits per heavy atom. The summed E-state index contributed by atoms with van der Waals surface area (Å²) in [4.78, 5) is 0. The average molecular weight is 751 g/mol. The Balaban J connectivity index is 2.36. The van der Waals surface area contributed by atoms with Gasteiger partial charge in [0.2, 0.25) is 0 Å². The zero-order chi connectivity index (χ0) is 39.6. The number of aromatic hydroxyl groups is 1. The Bertz CT molecular complexity index is 1610. The Labute approximate surface area is 323 Å². The van der Waals surface area contributed by atoms with Gasteiger partial charge >= 0.3 is 10.4 Å². The van der Waals surface area contributed by atoms with Crippen molar-refractivity contribution in [1.29, 1.82) is 0 Å². The van der Waals surface area contributed by atoms with E-state index in [1.807, 2.05) is 13.0 Å². The maximum Gasteiger partial charge on any atom is 0.446 e. The first kappa shape index (κ1) is 47.6. The minimum atomic E-state index is -4.61. The fraction of sp³-hybridized carbons (Fsp3) is 0.522. The van der Waals surface area contributed by atoms with Crippen molar-refractivity contribution in [2.75, 3.05) is 6.61 Å². The van der Waals surface area contributed by atoms with Gasteiger partial charge in [0, 0.05) is 5.56 Å². The molecule has 0 atom stereocenters. The van der Waals surface area contributed by atoms with Crippen LogP contribution in [0.2, 0.25) is 0 Å². The highest BCUT2D eigenvalue weighted by Crippen LogP contribution is 2.25. The second-order valence-corrected chi connectivity index (χ2v) is 15.9. The van der Waals surface area contributed by atoms with E-state index in [-0.39, 0.29) is 18.1 Å². The highest BCUT2D eigenvalue weighted by Gasteiger charge is 2.09. The van der Waals surface area contributed by atoms with Crippen molar-refractivity contribution in [1.82, 2.24) is 0 Å². The van der Waals surface area contributed by atoms with E-state index in [0.717, 1.165) is 95.5 Å². The molecule has 0 unspecified atom stereocenters. The normalized spacial score (nSPS) is 14.2. The zero-order valence-corrected chi connectivity index (χ0v) is 35.0. The number of rotatable bonds is 26.